The van der Waals surface area contributed by atoms with Gasteiger partial charge in [0.05, 0.1) is 11.6 Å². The van der Waals surface area contributed by atoms with E-state index in [1.807, 2.05) is 20.8 Å². The third-order valence-corrected chi connectivity index (χ3v) is 3.94. The molecule has 1 atom stereocenters. The summed E-state index contributed by atoms with van der Waals surface area (Å²) in [6.07, 6.45) is 1.28. The molecule has 1 unspecified atom stereocenters. The van der Waals surface area contributed by atoms with E-state index >= 15 is 0 Å². The van der Waals surface area contributed by atoms with Crippen LogP contribution in [0.1, 0.15) is 50.8 Å². The molecule has 1 aromatic carbocycles. The van der Waals surface area contributed by atoms with Crippen molar-refractivity contribution in [2.45, 2.75) is 52.2 Å². The summed E-state index contributed by atoms with van der Waals surface area (Å²) in [7, 11) is 0. The lowest BCUT2D eigenvalue weighted by Gasteiger charge is -2.39. The molecule has 3 N–H and O–H groups in total. The Morgan fingerprint density at radius 2 is 1.80 bits per heavy atom. The van der Waals surface area contributed by atoms with Gasteiger partial charge in [0.25, 0.3) is 0 Å². The molecule has 0 heterocycles. The predicted octanol–water partition coefficient (Wildman–Crippen LogP) is 3.37. The first-order valence-corrected chi connectivity index (χ1v) is 7.01. The lowest BCUT2D eigenvalue weighted by atomic mass is 9.83. The third-order valence-electron chi connectivity index (χ3n) is 3.94. The molecular weight excluding hydrogens is 262 g/mol. The molecule has 0 fully saturated rings. The van der Waals surface area contributed by atoms with E-state index in [1.165, 1.54) is 6.92 Å². The highest BCUT2D eigenvalue weighted by Gasteiger charge is 2.39. The Morgan fingerprint density at radius 1 is 1.20 bits per heavy atom. The first-order chi connectivity index (χ1) is 9.47. The van der Waals surface area contributed by atoms with Gasteiger partial charge in [-0.1, -0.05) is 26.0 Å². The maximum atomic E-state index is 14.2. The van der Waals surface area contributed by atoms with Gasteiger partial charge >= 0.3 is 0 Å². The summed E-state index contributed by atoms with van der Waals surface area (Å²) in [5.74, 6) is 3.92. The van der Waals surface area contributed by atoms with Crippen LogP contribution in [0.5, 0.6) is 0 Å². The van der Waals surface area contributed by atoms with Gasteiger partial charge in [0.15, 0.2) is 11.6 Å². The van der Waals surface area contributed by atoms with Crippen LogP contribution in [0.3, 0.4) is 0 Å². The van der Waals surface area contributed by atoms with Gasteiger partial charge in [-0.25, -0.2) is 14.2 Å². The van der Waals surface area contributed by atoms with Crippen molar-refractivity contribution in [1.82, 2.24) is 5.43 Å². The third kappa shape index (κ3) is 3.00. The van der Waals surface area contributed by atoms with E-state index < -0.39 is 23.3 Å². The number of benzene rings is 1. The Kier molecular flexibility index (Phi) is 6.05. The molecule has 0 amide bonds. The molecule has 0 bridgehead atoms. The first kappa shape index (κ1) is 17.0. The summed E-state index contributed by atoms with van der Waals surface area (Å²) < 4.78 is 33.8. The second kappa shape index (κ2) is 7.11. The molecule has 3 nitrogen and oxygen atoms in total. The standard InChI is InChI=1S/C15H24F2N2O/c1-5-15(6-2,20-7-3)14(19-18)11-9-8-10(4)12(16)13(11)17/h8-9,14,19H,5-7,18H2,1-4H3. The minimum absolute atomic E-state index is 0.202. The van der Waals surface area contributed by atoms with Crippen LogP contribution in [0.4, 0.5) is 8.78 Å². The molecule has 1 aromatic rings. The molecule has 0 spiro atoms. The van der Waals surface area contributed by atoms with Crippen LogP contribution < -0.4 is 11.3 Å². The molecule has 0 aliphatic rings. The van der Waals surface area contributed by atoms with E-state index in [1.54, 1.807) is 12.1 Å². The van der Waals surface area contributed by atoms with Gasteiger partial charge in [0.2, 0.25) is 0 Å². The zero-order valence-electron chi connectivity index (χ0n) is 12.6. The van der Waals surface area contributed by atoms with Crippen molar-refractivity contribution in [1.29, 1.82) is 0 Å². The number of halogens is 2. The molecule has 0 aromatic heterocycles. The van der Waals surface area contributed by atoms with Crippen LogP contribution in [0.2, 0.25) is 0 Å². The summed E-state index contributed by atoms with van der Waals surface area (Å²) in [4.78, 5) is 0. The largest absolute Gasteiger partial charge is 0.373 e. The van der Waals surface area contributed by atoms with E-state index in [2.05, 4.69) is 5.43 Å². The number of hydrogen-bond donors (Lipinski definition) is 2. The van der Waals surface area contributed by atoms with E-state index in [4.69, 9.17) is 10.6 Å². The van der Waals surface area contributed by atoms with Gasteiger partial charge in [-0.05, 0) is 32.3 Å². The zero-order chi connectivity index (χ0) is 15.3. The summed E-state index contributed by atoms with van der Waals surface area (Å²) >= 11 is 0. The van der Waals surface area contributed by atoms with Crippen LogP contribution in [0.25, 0.3) is 0 Å². The van der Waals surface area contributed by atoms with Gasteiger partial charge in [0, 0.05) is 12.2 Å². The SMILES string of the molecule is CCOC(CC)(CC)C(NN)c1ccc(C)c(F)c1F. The maximum Gasteiger partial charge on any atom is 0.164 e. The number of hydrogen-bond acceptors (Lipinski definition) is 3. The van der Waals surface area contributed by atoms with Gasteiger partial charge in [-0.3, -0.25) is 5.84 Å². The van der Waals surface area contributed by atoms with Crippen molar-refractivity contribution >= 4 is 0 Å². The van der Waals surface area contributed by atoms with Gasteiger partial charge in [0.1, 0.15) is 0 Å². The fraction of sp³-hybridized carbons (Fsp3) is 0.600. The highest BCUT2D eigenvalue weighted by Crippen LogP contribution is 2.36. The van der Waals surface area contributed by atoms with Crippen molar-refractivity contribution in [3.05, 3.63) is 34.9 Å². The van der Waals surface area contributed by atoms with Crippen LogP contribution in [0, 0.1) is 18.6 Å². The lowest BCUT2D eigenvalue weighted by molar-refractivity contribution is -0.0742. The van der Waals surface area contributed by atoms with E-state index in [-0.39, 0.29) is 11.1 Å². The number of nitrogens with one attached hydrogen (secondary N) is 1. The number of ether oxygens (including phenoxy) is 1. The molecule has 114 valence electrons. The monoisotopic (exact) mass is 286 g/mol. The highest BCUT2D eigenvalue weighted by atomic mass is 19.2. The molecule has 5 heteroatoms. The summed E-state index contributed by atoms with van der Waals surface area (Å²) in [5.41, 5.74) is 2.42. The molecule has 1 rings (SSSR count). The average Bonchev–Trinajstić information content (AvgIpc) is 2.46. The van der Waals surface area contributed by atoms with Gasteiger partial charge < -0.3 is 4.74 Å². The first-order valence-electron chi connectivity index (χ1n) is 7.01. The second-order valence-corrected chi connectivity index (χ2v) is 4.90. The van der Waals surface area contributed by atoms with Crippen LogP contribution in [-0.2, 0) is 4.74 Å². The van der Waals surface area contributed by atoms with Crippen molar-refractivity contribution in [2.24, 2.45) is 5.84 Å². The second-order valence-electron chi connectivity index (χ2n) is 4.90. The number of nitrogens with two attached hydrogens (primary N) is 1. The molecule has 0 radical (unpaired) electrons. The molecule has 0 saturated heterocycles. The van der Waals surface area contributed by atoms with Crippen molar-refractivity contribution < 1.29 is 13.5 Å². The smallest absolute Gasteiger partial charge is 0.164 e. The fourth-order valence-electron chi connectivity index (χ4n) is 2.64. The number of aryl methyl sites for hydroxylation is 1. The summed E-state index contributed by atoms with van der Waals surface area (Å²) in [6, 6.07) is 2.52. The van der Waals surface area contributed by atoms with Gasteiger partial charge in [-0.15, -0.1) is 0 Å². The lowest BCUT2D eigenvalue weighted by Crippen LogP contribution is -2.48. The normalized spacial score (nSPS) is 13.6. The van der Waals surface area contributed by atoms with E-state index in [9.17, 15) is 8.78 Å². The average molecular weight is 286 g/mol. The van der Waals surface area contributed by atoms with Crippen LogP contribution in [-0.4, -0.2) is 12.2 Å². The number of hydrazine groups is 1. The predicted molar refractivity (Wildman–Crippen MR) is 76.1 cm³/mol. The molecular formula is C15H24F2N2O. The van der Waals surface area contributed by atoms with E-state index in [0.717, 1.165) is 0 Å². The van der Waals surface area contributed by atoms with Crippen molar-refractivity contribution in [3.63, 3.8) is 0 Å². The quantitative estimate of drug-likeness (QED) is 0.597. The van der Waals surface area contributed by atoms with E-state index in [0.29, 0.717) is 19.4 Å². The zero-order valence-corrected chi connectivity index (χ0v) is 12.6. The Labute approximate surface area is 119 Å². The topological polar surface area (TPSA) is 47.3 Å². The Hall–Kier alpha value is -1.04. The van der Waals surface area contributed by atoms with Crippen LogP contribution in [0.15, 0.2) is 12.1 Å². The summed E-state index contributed by atoms with van der Waals surface area (Å²) in [5, 5.41) is 0. The summed E-state index contributed by atoms with van der Waals surface area (Å²) in [6.45, 7) is 7.79. The number of rotatable bonds is 7. The Balaban J connectivity index is 3.34. The minimum atomic E-state index is -0.862. The van der Waals surface area contributed by atoms with Crippen LogP contribution >= 0.6 is 0 Å². The maximum absolute atomic E-state index is 14.2. The molecule has 20 heavy (non-hydrogen) atoms. The molecule has 0 saturated carbocycles. The Bertz CT molecular complexity index is 448. The minimum Gasteiger partial charge on any atom is -0.373 e. The Morgan fingerprint density at radius 3 is 2.25 bits per heavy atom. The molecule has 0 aliphatic carbocycles. The van der Waals surface area contributed by atoms with Gasteiger partial charge in [-0.2, -0.15) is 0 Å². The van der Waals surface area contributed by atoms with Crippen molar-refractivity contribution in [2.75, 3.05) is 6.61 Å². The van der Waals surface area contributed by atoms with Crippen molar-refractivity contribution in [3.8, 4) is 0 Å². The fourth-order valence-corrected chi connectivity index (χ4v) is 2.64. The molecule has 0 aliphatic heterocycles. The highest BCUT2D eigenvalue weighted by molar-refractivity contribution is 5.29.